The van der Waals surface area contributed by atoms with Crippen molar-refractivity contribution in [3.05, 3.63) is 35.4 Å². The fourth-order valence-corrected chi connectivity index (χ4v) is 2.64. The molecule has 1 rings (SSSR count). The van der Waals surface area contributed by atoms with Crippen LogP contribution in [-0.4, -0.2) is 20.9 Å². The highest BCUT2D eigenvalue weighted by atomic mass is 28.4. The number of aryl methyl sites for hydroxylation is 1. The van der Waals surface area contributed by atoms with Gasteiger partial charge in [0.25, 0.3) is 0 Å². The normalized spacial score (nSPS) is 12.7. The number of rotatable bonds is 5. The molecule has 0 radical (unpaired) electrons. The van der Waals surface area contributed by atoms with Gasteiger partial charge in [-0.15, -0.1) is 0 Å². The first-order valence-corrected chi connectivity index (χ1v) is 10.5. The predicted octanol–water partition coefficient (Wildman–Crippen LogP) is 4.96. The second kappa shape index (κ2) is 7.25. The minimum absolute atomic E-state index is 0.201. The van der Waals surface area contributed by atoms with Crippen LogP contribution in [-0.2, 0) is 9.22 Å². The molecule has 4 heteroatoms. The minimum atomic E-state index is -1.73. The highest BCUT2D eigenvalue weighted by Gasteiger charge is 2.36. The van der Waals surface area contributed by atoms with Crippen LogP contribution in [0, 0.1) is 6.92 Å². The van der Waals surface area contributed by atoms with Gasteiger partial charge in [0.05, 0.1) is 6.61 Å². The molecular weight excluding hydrogens is 292 g/mol. The third-order valence-electron chi connectivity index (χ3n) is 4.06. The molecule has 1 aromatic carbocycles. The Morgan fingerprint density at radius 3 is 2.45 bits per heavy atom. The summed E-state index contributed by atoms with van der Waals surface area (Å²) >= 11 is 0. The lowest BCUT2D eigenvalue weighted by Gasteiger charge is -2.35. The largest absolute Gasteiger partial charge is 0.426 e. The van der Waals surface area contributed by atoms with E-state index in [0.717, 1.165) is 11.1 Å². The number of ether oxygens (including phenoxy) is 1. The van der Waals surface area contributed by atoms with E-state index in [2.05, 4.69) is 33.9 Å². The van der Waals surface area contributed by atoms with E-state index in [0.29, 0.717) is 12.4 Å². The van der Waals surface area contributed by atoms with Gasteiger partial charge in [0.15, 0.2) is 8.32 Å². The molecule has 1 aromatic rings. The fraction of sp³-hybridized carbons (Fsp3) is 0.500. The summed E-state index contributed by atoms with van der Waals surface area (Å²) in [6.07, 6.45) is 3.95. The van der Waals surface area contributed by atoms with Gasteiger partial charge < -0.3 is 9.16 Å². The van der Waals surface area contributed by atoms with E-state index >= 15 is 0 Å². The molecule has 0 aliphatic carbocycles. The molecule has 0 N–H and O–H groups in total. The predicted molar refractivity (Wildman–Crippen MR) is 94.7 cm³/mol. The Bertz CT molecular complexity index is 554. The molecule has 0 aromatic heterocycles. The first-order chi connectivity index (χ1) is 10.0. The molecule has 0 unspecified atom stereocenters. The van der Waals surface area contributed by atoms with Gasteiger partial charge in [-0.05, 0) is 37.2 Å². The maximum absolute atomic E-state index is 11.2. The Morgan fingerprint density at radius 2 is 1.91 bits per heavy atom. The van der Waals surface area contributed by atoms with Crippen LogP contribution in [0.3, 0.4) is 0 Å². The van der Waals surface area contributed by atoms with Gasteiger partial charge in [0, 0.05) is 12.5 Å². The van der Waals surface area contributed by atoms with Gasteiger partial charge in [0.1, 0.15) is 5.75 Å². The van der Waals surface area contributed by atoms with Crippen LogP contribution in [0.15, 0.2) is 24.3 Å². The third-order valence-corrected chi connectivity index (χ3v) is 8.56. The van der Waals surface area contributed by atoms with Gasteiger partial charge in [-0.25, -0.2) is 0 Å². The van der Waals surface area contributed by atoms with Crippen molar-refractivity contribution in [1.82, 2.24) is 0 Å². The Morgan fingerprint density at radius 1 is 1.27 bits per heavy atom. The molecule has 0 saturated carbocycles. The van der Waals surface area contributed by atoms with Crippen molar-refractivity contribution in [3.63, 3.8) is 0 Å². The van der Waals surface area contributed by atoms with Gasteiger partial charge in [-0.2, -0.15) is 0 Å². The van der Waals surface area contributed by atoms with Crippen molar-refractivity contribution in [3.8, 4) is 5.75 Å². The van der Waals surface area contributed by atoms with Crippen LogP contribution in [0.4, 0.5) is 0 Å². The summed E-state index contributed by atoms with van der Waals surface area (Å²) in [4.78, 5) is 11.2. The molecule has 0 heterocycles. The van der Waals surface area contributed by atoms with E-state index in [1.807, 2.05) is 37.3 Å². The van der Waals surface area contributed by atoms with Gasteiger partial charge in [0.2, 0.25) is 0 Å². The average molecular weight is 321 g/mol. The zero-order valence-electron chi connectivity index (χ0n) is 14.8. The summed E-state index contributed by atoms with van der Waals surface area (Å²) in [5.41, 5.74) is 2.02. The molecular formula is C18H28O3Si. The first kappa shape index (κ1) is 18.7. The lowest BCUT2D eigenvalue weighted by Crippen LogP contribution is -2.40. The molecule has 122 valence electrons. The van der Waals surface area contributed by atoms with Crippen LogP contribution in [0.5, 0.6) is 5.75 Å². The summed E-state index contributed by atoms with van der Waals surface area (Å²) in [7, 11) is -1.73. The van der Waals surface area contributed by atoms with Gasteiger partial charge >= 0.3 is 5.97 Å². The van der Waals surface area contributed by atoms with E-state index in [1.54, 1.807) is 0 Å². The lowest BCUT2D eigenvalue weighted by molar-refractivity contribution is -0.131. The molecule has 0 spiro atoms. The van der Waals surface area contributed by atoms with Crippen molar-refractivity contribution < 1.29 is 14.0 Å². The highest BCUT2D eigenvalue weighted by molar-refractivity contribution is 6.74. The number of hydrogen-bond acceptors (Lipinski definition) is 3. The van der Waals surface area contributed by atoms with E-state index < -0.39 is 8.32 Å². The number of carbonyl (C=O) groups is 1. The van der Waals surface area contributed by atoms with Crippen LogP contribution in [0.25, 0.3) is 6.08 Å². The second-order valence-corrected chi connectivity index (χ2v) is 11.9. The van der Waals surface area contributed by atoms with Crippen LogP contribution in [0.2, 0.25) is 18.1 Å². The van der Waals surface area contributed by atoms with Crippen molar-refractivity contribution in [2.45, 2.75) is 52.8 Å². The minimum Gasteiger partial charge on any atom is -0.426 e. The molecule has 22 heavy (non-hydrogen) atoms. The van der Waals surface area contributed by atoms with E-state index in [-0.39, 0.29) is 11.0 Å². The van der Waals surface area contributed by atoms with E-state index in [4.69, 9.17) is 9.16 Å². The number of carbonyl (C=O) groups excluding carboxylic acids is 1. The third kappa shape index (κ3) is 5.43. The molecule has 0 aliphatic rings. The van der Waals surface area contributed by atoms with Crippen molar-refractivity contribution in [2.24, 2.45) is 0 Å². The average Bonchev–Trinajstić information content (AvgIpc) is 2.35. The maximum Gasteiger partial charge on any atom is 0.308 e. The maximum atomic E-state index is 11.2. The summed E-state index contributed by atoms with van der Waals surface area (Å²) in [5, 5.41) is 0.201. The topological polar surface area (TPSA) is 35.5 Å². The Kier molecular flexibility index (Phi) is 6.14. The monoisotopic (exact) mass is 320 g/mol. The quantitative estimate of drug-likeness (QED) is 0.437. The Hall–Kier alpha value is -1.39. The summed E-state index contributed by atoms with van der Waals surface area (Å²) < 4.78 is 11.3. The Labute approximate surface area is 135 Å². The molecule has 3 nitrogen and oxygen atoms in total. The molecule has 0 saturated heterocycles. The SMILES string of the molecule is CC(=O)Oc1ccc(C)cc1/C=C\CO[Si](C)(C)C(C)(C)C. The second-order valence-electron chi connectivity index (χ2n) is 7.11. The summed E-state index contributed by atoms with van der Waals surface area (Å²) in [6, 6.07) is 5.76. The first-order valence-electron chi connectivity index (χ1n) is 7.62. The van der Waals surface area contributed by atoms with E-state index in [1.165, 1.54) is 6.92 Å². The number of benzene rings is 1. The fourth-order valence-electron chi connectivity index (χ4n) is 1.69. The van der Waals surface area contributed by atoms with Gasteiger partial charge in [-0.1, -0.05) is 44.6 Å². The molecule has 0 atom stereocenters. The number of esters is 1. The van der Waals surface area contributed by atoms with Crippen molar-refractivity contribution >= 4 is 20.4 Å². The van der Waals surface area contributed by atoms with E-state index in [9.17, 15) is 4.79 Å². The molecule has 0 fully saturated rings. The molecule has 0 amide bonds. The molecule has 0 bridgehead atoms. The van der Waals surface area contributed by atoms with Crippen LogP contribution < -0.4 is 4.74 Å². The van der Waals surface area contributed by atoms with Gasteiger partial charge in [-0.3, -0.25) is 4.79 Å². The van der Waals surface area contributed by atoms with Crippen molar-refractivity contribution in [2.75, 3.05) is 6.61 Å². The zero-order valence-corrected chi connectivity index (χ0v) is 15.8. The smallest absolute Gasteiger partial charge is 0.308 e. The Balaban J connectivity index is 2.78. The highest BCUT2D eigenvalue weighted by Crippen LogP contribution is 2.36. The molecule has 0 aliphatic heterocycles. The standard InChI is InChI=1S/C18H28O3Si/c1-14-10-11-17(21-15(2)19)16(13-14)9-8-12-20-22(6,7)18(3,4)5/h8-11,13H,12H2,1-7H3/b9-8-. The van der Waals surface area contributed by atoms with Crippen molar-refractivity contribution in [1.29, 1.82) is 0 Å². The van der Waals surface area contributed by atoms with Crippen LogP contribution >= 0.6 is 0 Å². The zero-order chi connectivity index (χ0) is 17.0. The number of hydrogen-bond donors (Lipinski definition) is 0. The lowest BCUT2D eigenvalue weighted by atomic mass is 10.1. The van der Waals surface area contributed by atoms with Crippen LogP contribution in [0.1, 0.15) is 38.8 Å². The summed E-state index contributed by atoms with van der Waals surface area (Å²) in [6.45, 7) is 15.1. The summed E-state index contributed by atoms with van der Waals surface area (Å²) in [5.74, 6) is 0.276.